The Labute approximate surface area is 151 Å². The first-order chi connectivity index (χ1) is 12.5. The number of methoxy groups -OCH3 is 2. The van der Waals surface area contributed by atoms with Crippen molar-refractivity contribution in [1.29, 1.82) is 0 Å². The van der Waals surface area contributed by atoms with Crippen LogP contribution in [0.3, 0.4) is 0 Å². The van der Waals surface area contributed by atoms with Crippen LogP contribution in [0, 0.1) is 0 Å². The van der Waals surface area contributed by atoms with Crippen molar-refractivity contribution in [3.05, 3.63) is 59.7 Å². The summed E-state index contributed by atoms with van der Waals surface area (Å²) in [5, 5.41) is 5.38. The van der Waals surface area contributed by atoms with E-state index in [1.807, 2.05) is 0 Å². The molecule has 0 aliphatic heterocycles. The summed E-state index contributed by atoms with van der Waals surface area (Å²) in [6.07, 6.45) is 0.120. The molecule has 0 heterocycles. The predicted octanol–water partition coefficient (Wildman–Crippen LogP) is 2.24. The van der Waals surface area contributed by atoms with E-state index >= 15 is 0 Å². The van der Waals surface area contributed by atoms with Crippen LogP contribution in [-0.4, -0.2) is 38.5 Å². The Kier molecular flexibility index (Phi) is 6.73. The number of rotatable bonds is 7. The van der Waals surface area contributed by atoms with E-state index in [2.05, 4.69) is 15.4 Å². The summed E-state index contributed by atoms with van der Waals surface area (Å²) in [5.41, 5.74) is 1.42. The van der Waals surface area contributed by atoms with Gasteiger partial charge in [0.2, 0.25) is 5.91 Å². The van der Waals surface area contributed by atoms with Crippen LogP contribution in [0.1, 0.15) is 27.1 Å². The second-order valence-electron chi connectivity index (χ2n) is 5.35. The van der Waals surface area contributed by atoms with Gasteiger partial charge in [0, 0.05) is 24.2 Å². The second-order valence-corrected chi connectivity index (χ2v) is 5.35. The lowest BCUT2D eigenvalue weighted by molar-refractivity contribution is -0.116. The van der Waals surface area contributed by atoms with Gasteiger partial charge in [-0.3, -0.25) is 9.59 Å². The summed E-state index contributed by atoms with van der Waals surface area (Å²) in [6.45, 7) is 0.197. The Balaban J connectivity index is 1.79. The zero-order valence-corrected chi connectivity index (χ0v) is 14.6. The highest BCUT2D eigenvalue weighted by Gasteiger charge is 2.09. The fourth-order valence-corrected chi connectivity index (χ4v) is 2.19. The zero-order chi connectivity index (χ0) is 18.9. The molecular formula is C19H20N2O5. The van der Waals surface area contributed by atoms with Crippen LogP contribution < -0.4 is 15.4 Å². The van der Waals surface area contributed by atoms with Crippen molar-refractivity contribution in [3.63, 3.8) is 0 Å². The van der Waals surface area contributed by atoms with Gasteiger partial charge in [-0.2, -0.15) is 0 Å². The summed E-state index contributed by atoms with van der Waals surface area (Å²) in [5.74, 6) is -0.380. The monoisotopic (exact) mass is 356 g/mol. The molecule has 2 amide bonds. The third-order valence-corrected chi connectivity index (χ3v) is 3.56. The highest BCUT2D eigenvalue weighted by atomic mass is 16.5. The molecule has 0 aromatic heterocycles. The van der Waals surface area contributed by atoms with Crippen molar-refractivity contribution in [2.75, 3.05) is 26.1 Å². The van der Waals surface area contributed by atoms with Crippen LogP contribution in [0.4, 0.5) is 5.69 Å². The lowest BCUT2D eigenvalue weighted by atomic mass is 10.2. The molecule has 0 radical (unpaired) electrons. The number of carbonyl (C=O) groups excluding carboxylic acids is 3. The molecule has 0 bridgehead atoms. The number of ether oxygens (including phenoxy) is 2. The summed E-state index contributed by atoms with van der Waals surface area (Å²) in [7, 11) is 2.83. The number of nitrogens with one attached hydrogen (secondary N) is 2. The van der Waals surface area contributed by atoms with Gasteiger partial charge in [0.05, 0.1) is 19.8 Å². The first-order valence-corrected chi connectivity index (χ1v) is 7.94. The van der Waals surface area contributed by atoms with E-state index in [1.165, 1.54) is 14.2 Å². The van der Waals surface area contributed by atoms with E-state index in [-0.39, 0.29) is 24.8 Å². The second kappa shape index (κ2) is 9.22. The minimum Gasteiger partial charge on any atom is -0.497 e. The van der Waals surface area contributed by atoms with Crippen LogP contribution in [0.2, 0.25) is 0 Å². The van der Waals surface area contributed by atoms with Gasteiger partial charge in [0.1, 0.15) is 5.75 Å². The van der Waals surface area contributed by atoms with Gasteiger partial charge < -0.3 is 20.1 Å². The average molecular weight is 356 g/mol. The van der Waals surface area contributed by atoms with Crippen molar-refractivity contribution in [2.45, 2.75) is 6.42 Å². The van der Waals surface area contributed by atoms with Gasteiger partial charge in [-0.05, 0) is 42.5 Å². The number of hydrogen-bond acceptors (Lipinski definition) is 5. The fourth-order valence-electron chi connectivity index (χ4n) is 2.19. The maximum Gasteiger partial charge on any atom is 0.337 e. The number of carbonyl (C=O) groups is 3. The van der Waals surface area contributed by atoms with Gasteiger partial charge in [0.15, 0.2) is 0 Å². The topological polar surface area (TPSA) is 93.7 Å². The van der Waals surface area contributed by atoms with E-state index in [9.17, 15) is 14.4 Å². The molecule has 7 nitrogen and oxygen atoms in total. The number of anilines is 1. The molecule has 0 unspecified atom stereocenters. The summed E-state index contributed by atoms with van der Waals surface area (Å²) >= 11 is 0. The SMILES string of the molecule is COC(=O)c1ccc(NC(=O)CCNC(=O)c2cccc(OC)c2)cc1. The summed E-state index contributed by atoms with van der Waals surface area (Å²) < 4.78 is 9.68. The van der Waals surface area contributed by atoms with Gasteiger partial charge in [-0.15, -0.1) is 0 Å². The normalized spacial score (nSPS) is 9.92. The number of amides is 2. The molecule has 0 fully saturated rings. The average Bonchev–Trinajstić information content (AvgIpc) is 2.67. The molecule has 2 aromatic carbocycles. The lowest BCUT2D eigenvalue weighted by Gasteiger charge is -2.08. The summed E-state index contributed by atoms with van der Waals surface area (Å²) in [4.78, 5) is 35.3. The highest BCUT2D eigenvalue weighted by Crippen LogP contribution is 2.12. The molecule has 7 heteroatoms. The van der Waals surface area contributed by atoms with E-state index < -0.39 is 5.97 Å². The maximum absolute atomic E-state index is 12.0. The van der Waals surface area contributed by atoms with Crippen LogP contribution in [0.25, 0.3) is 0 Å². The number of esters is 1. The first-order valence-electron chi connectivity index (χ1n) is 7.94. The highest BCUT2D eigenvalue weighted by molar-refractivity contribution is 5.96. The Bertz CT molecular complexity index is 787. The van der Waals surface area contributed by atoms with Gasteiger partial charge in [-0.1, -0.05) is 6.07 Å². The van der Waals surface area contributed by atoms with Gasteiger partial charge in [-0.25, -0.2) is 4.79 Å². The maximum atomic E-state index is 12.0. The molecule has 0 atom stereocenters. The summed E-state index contributed by atoms with van der Waals surface area (Å²) in [6, 6.07) is 13.1. The standard InChI is InChI=1S/C19H20N2O5/c1-25-16-5-3-4-14(12-16)18(23)20-11-10-17(22)21-15-8-6-13(7-9-15)19(24)26-2/h3-9,12H,10-11H2,1-2H3,(H,20,23)(H,21,22). The minimum absolute atomic E-state index is 0.120. The lowest BCUT2D eigenvalue weighted by Crippen LogP contribution is -2.27. The van der Waals surface area contributed by atoms with Crippen molar-refractivity contribution in [3.8, 4) is 5.75 Å². The molecule has 0 saturated heterocycles. The molecule has 2 rings (SSSR count). The van der Waals surface area contributed by atoms with Crippen molar-refractivity contribution in [2.24, 2.45) is 0 Å². The predicted molar refractivity (Wildman–Crippen MR) is 96.4 cm³/mol. The molecule has 2 aromatic rings. The van der Waals surface area contributed by atoms with Crippen LogP contribution in [0.15, 0.2) is 48.5 Å². The molecule has 26 heavy (non-hydrogen) atoms. The molecule has 0 saturated carbocycles. The van der Waals surface area contributed by atoms with Crippen LogP contribution in [0.5, 0.6) is 5.75 Å². The Morgan fingerprint density at radius 1 is 0.962 bits per heavy atom. The quantitative estimate of drug-likeness (QED) is 0.742. The van der Waals surface area contributed by atoms with E-state index in [1.54, 1.807) is 48.5 Å². The van der Waals surface area contributed by atoms with E-state index in [4.69, 9.17) is 4.74 Å². The zero-order valence-electron chi connectivity index (χ0n) is 14.6. The van der Waals surface area contributed by atoms with Crippen molar-refractivity contribution in [1.82, 2.24) is 5.32 Å². The first kappa shape index (κ1) is 19.0. The minimum atomic E-state index is -0.442. The molecule has 0 spiro atoms. The fraction of sp³-hybridized carbons (Fsp3) is 0.211. The third kappa shape index (κ3) is 5.34. The van der Waals surface area contributed by atoms with Crippen molar-refractivity contribution >= 4 is 23.5 Å². The van der Waals surface area contributed by atoms with Crippen molar-refractivity contribution < 1.29 is 23.9 Å². The Morgan fingerprint density at radius 3 is 2.35 bits per heavy atom. The Hall–Kier alpha value is -3.35. The van der Waals surface area contributed by atoms with Crippen LogP contribution in [-0.2, 0) is 9.53 Å². The van der Waals surface area contributed by atoms with E-state index in [0.29, 0.717) is 22.6 Å². The molecule has 2 N–H and O–H groups in total. The van der Waals surface area contributed by atoms with Crippen LogP contribution >= 0.6 is 0 Å². The largest absolute Gasteiger partial charge is 0.497 e. The third-order valence-electron chi connectivity index (χ3n) is 3.56. The molecule has 136 valence electrons. The molecule has 0 aliphatic rings. The number of benzene rings is 2. The molecular weight excluding hydrogens is 336 g/mol. The van der Waals surface area contributed by atoms with Gasteiger partial charge >= 0.3 is 5.97 Å². The Morgan fingerprint density at radius 2 is 1.69 bits per heavy atom. The number of hydrogen-bond donors (Lipinski definition) is 2. The van der Waals surface area contributed by atoms with Gasteiger partial charge in [0.25, 0.3) is 5.91 Å². The van der Waals surface area contributed by atoms with E-state index in [0.717, 1.165) is 0 Å². The molecule has 0 aliphatic carbocycles. The smallest absolute Gasteiger partial charge is 0.337 e.